The van der Waals surface area contributed by atoms with Crippen LogP contribution in [0.1, 0.15) is 10.4 Å². The van der Waals surface area contributed by atoms with Gasteiger partial charge in [0.1, 0.15) is 6.29 Å². The van der Waals surface area contributed by atoms with Gasteiger partial charge in [-0.1, -0.05) is 36.4 Å². The standard InChI is InChI=1S/C33H31NO5/c1-34(2)23-13-11-22(12-14-23)33-26-17-30(38-5)28(36-3)15-24(26)32(21-9-7-20(19-35)8-10-21)25-16-29(37-4)31(39-6)18-27(25)33/h7-19H,1-6H3. The zero-order valence-corrected chi connectivity index (χ0v) is 23.0. The summed E-state index contributed by atoms with van der Waals surface area (Å²) in [5.41, 5.74) is 5.78. The lowest BCUT2D eigenvalue weighted by atomic mass is 9.85. The molecule has 0 bridgehead atoms. The number of fused-ring (bicyclic) bond motifs is 2. The molecule has 0 atom stereocenters. The molecule has 0 fully saturated rings. The van der Waals surface area contributed by atoms with Crippen molar-refractivity contribution in [3.63, 3.8) is 0 Å². The Balaban J connectivity index is 2.01. The highest BCUT2D eigenvalue weighted by Crippen LogP contribution is 2.49. The van der Waals surface area contributed by atoms with Crippen LogP contribution in [0.4, 0.5) is 5.69 Å². The summed E-state index contributed by atoms with van der Waals surface area (Å²) >= 11 is 0. The fourth-order valence-electron chi connectivity index (χ4n) is 5.15. The fourth-order valence-corrected chi connectivity index (χ4v) is 5.15. The second-order valence-corrected chi connectivity index (χ2v) is 9.44. The van der Waals surface area contributed by atoms with Gasteiger partial charge >= 0.3 is 0 Å². The van der Waals surface area contributed by atoms with Crippen molar-refractivity contribution in [1.29, 1.82) is 0 Å². The number of hydrogen-bond donors (Lipinski definition) is 0. The maximum Gasteiger partial charge on any atom is 0.161 e. The number of rotatable bonds is 8. The first-order valence-corrected chi connectivity index (χ1v) is 12.5. The van der Waals surface area contributed by atoms with Gasteiger partial charge in [-0.3, -0.25) is 4.79 Å². The zero-order chi connectivity index (χ0) is 27.7. The number of nitrogens with zero attached hydrogens (tertiary/aromatic N) is 1. The molecular weight excluding hydrogens is 490 g/mol. The Bertz CT molecular complexity index is 1600. The number of methoxy groups -OCH3 is 4. The van der Waals surface area contributed by atoms with Crippen LogP contribution in [0.5, 0.6) is 23.0 Å². The lowest BCUT2D eigenvalue weighted by Gasteiger charge is -2.21. The van der Waals surface area contributed by atoms with Gasteiger partial charge in [-0.15, -0.1) is 0 Å². The van der Waals surface area contributed by atoms with E-state index in [4.69, 9.17) is 18.9 Å². The summed E-state index contributed by atoms with van der Waals surface area (Å²) in [5.74, 6) is 2.53. The highest BCUT2D eigenvalue weighted by atomic mass is 16.5. The van der Waals surface area contributed by atoms with E-state index in [1.54, 1.807) is 28.4 Å². The first kappa shape index (κ1) is 25.9. The molecule has 6 heteroatoms. The van der Waals surface area contributed by atoms with Crippen LogP contribution < -0.4 is 23.8 Å². The molecule has 0 aromatic heterocycles. The molecule has 0 amide bonds. The second-order valence-electron chi connectivity index (χ2n) is 9.44. The van der Waals surface area contributed by atoms with E-state index in [9.17, 15) is 4.79 Å². The summed E-state index contributed by atoms with van der Waals surface area (Å²) in [5, 5.41) is 3.97. The molecule has 0 aliphatic heterocycles. The summed E-state index contributed by atoms with van der Waals surface area (Å²) in [4.78, 5) is 13.5. The lowest BCUT2D eigenvalue weighted by Crippen LogP contribution is -2.07. The maximum atomic E-state index is 11.4. The van der Waals surface area contributed by atoms with Gasteiger partial charge in [0.15, 0.2) is 23.0 Å². The van der Waals surface area contributed by atoms with Crippen molar-refractivity contribution in [2.24, 2.45) is 0 Å². The monoisotopic (exact) mass is 521 g/mol. The topological polar surface area (TPSA) is 57.2 Å². The smallest absolute Gasteiger partial charge is 0.161 e. The molecule has 0 saturated carbocycles. The Labute approximate surface area is 228 Å². The van der Waals surface area contributed by atoms with E-state index in [2.05, 4.69) is 29.2 Å². The largest absolute Gasteiger partial charge is 0.493 e. The predicted octanol–water partition coefficient (Wildman–Crippen LogP) is 7.24. The SMILES string of the molecule is COc1cc2c(-c3ccc(C=O)cc3)c3cc(OC)c(OC)cc3c(-c3ccc(N(C)C)cc3)c2cc1OC. The summed E-state index contributed by atoms with van der Waals surface area (Å²) in [6.07, 6.45) is 0.849. The number of carbonyl (C=O) groups is 1. The first-order chi connectivity index (χ1) is 18.9. The Hall–Kier alpha value is -4.71. The molecule has 0 aliphatic carbocycles. The number of aldehydes is 1. The summed E-state index contributed by atoms with van der Waals surface area (Å²) in [6, 6.07) is 24.2. The van der Waals surface area contributed by atoms with Gasteiger partial charge in [0.25, 0.3) is 0 Å². The van der Waals surface area contributed by atoms with Crippen LogP contribution in [0.2, 0.25) is 0 Å². The van der Waals surface area contributed by atoms with Gasteiger partial charge in [0, 0.05) is 25.3 Å². The van der Waals surface area contributed by atoms with Crippen molar-refractivity contribution in [1.82, 2.24) is 0 Å². The molecule has 5 aromatic rings. The van der Waals surface area contributed by atoms with Crippen molar-refractivity contribution < 1.29 is 23.7 Å². The number of hydrogen-bond acceptors (Lipinski definition) is 6. The van der Waals surface area contributed by atoms with E-state index in [1.807, 2.05) is 62.6 Å². The Morgan fingerprint density at radius 2 is 0.872 bits per heavy atom. The van der Waals surface area contributed by atoms with E-state index >= 15 is 0 Å². The molecule has 0 unspecified atom stereocenters. The third-order valence-electron chi connectivity index (χ3n) is 7.13. The van der Waals surface area contributed by atoms with Crippen LogP contribution in [0, 0.1) is 0 Å². The van der Waals surface area contributed by atoms with Crippen LogP contribution >= 0.6 is 0 Å². The summed E-state index contributed by atoms with van der Waals surface area (Å²) in [7, 11) is 10.6. The second kappa shape index (κ2) is 10.6. The molecule has 5 rings (SSSR count). The predicted molar refractivity (Wildman–Crippen MR) is 158 cm³/mol. The average molecular weight is 522 g/mol. The van der Waals surface area contributed by atoms with Crippen LogP contribution in [0.15, 0.2) is 72.8 Å². The quantitative estimate of drug-likeness (QED) is 0.158. The summed E-state index contributed by atoms with van der Waals surface area (Å²) < 4.78 is 22.9. The fraction of sp³-hybridized carbons (Fsp3) is 0.182. The Morgan fingerprint density at radius 1 is 0.538 bits per heavy atom. The van der Waals surface area contributed by atoms with Gasteiger partial charge < -0.3 is 23.8 Å². The molecule has 6 nitrogen and oxygen atoms in total. The number of ether oxygens (including phenoxy) is 4. The van der Waals surface area contributed by atoms with Crippen molar-refractivity contribution >= 4 is 33.5 Å². The first-order valence-electron chi connectivity index (χ1n) is 12.5. The van der Waals surface area contributed by atoms with Crippen LogP contribution in [0.25, 0.3) is 43.8 Å². The Morgan fingerprint density at radius 3 is 1.15 bits per heavy atom. The highest BCUT2D eigenvalue weighted by Gasteiger charge is 2.22. The molecule has 39 heavy (non-hydrogen) atoms. The van der Waals surface area contributed by atoms with Crippen LogP contribution in [-0.4, -0.2) is 48.8 Å². The molecule has 0 saturated heterocycles. The maximum absolute atomic E-state index is 11.4. The summed E-state index contributed by atoms with van der Waals surface area (Å²) in [6.45, 7) is 0. The normalized spacial score (nSPS) is 10.9. The highest BCUT2D eigenvalue weighted by molar-refractivity contribution is 6.22. The third kappa shape index (κ3) is 4.48. The van der Waals surface area contributed by atoms with Crippen LogP contribution in [-0.2, 0) is 0 Å². The van der Waals surface area contributed by atoms with Gasteiger partial charge in [-0.25, -0.2) is 0 Å². The van der Waals surface area contributed by atoms with Gasteiger partial charge in [-0.05, 0) is 80.2 Å². The lowest BCUT2D eigenvalue weighted by molar-refractivity contribution is 0.112. The minimum absolute atomic E-state index is 0.614. The molecule has 0 spiro atoms. The molecule has 198 valence electrons. The van der Waals surface area contributed by atoms with E-state index in [-0.39, 0.29) is 0 Å². The molecule has 0 radical (unpaired) electrons. The third-order valence-corrected chi connectivity index (χ3v) is 7.13. The number of anilines is 1. The Kier molecular flexibility index (Phi) is 7.03. The molecule has 5 aromatic carbocycles. The van der Waals surface area contributed by atoms with Crippen molar-refractivity contribution in [3.8, 4) is 45.3 Å². The van der Waals surface area contributed by atoms with E-state index in [0.29, 0.717) is 28.6 Å². The molecular formula is C33H31NO5. The number of benzene rings is 5. The van der Waals surface area contributed by atoms with E-state index in [1.165, 1.54) is 0 Å². The zero-order valence-electron chi connectivity index (χ0n) is 23.0. The van der Waals surface area contributed by atoms with Crippen molar-refractivity contribution in [3.05, 3.63) is 78.4 Å². The van der Waals surface area contributed by atoms with Gasteiger partial charge in [0.2, 0.25) is 0 Å². The van der Waals surface area contributed by atoms with Gasteiger partial charge in [0.05, 0.1) is 28.4 Å². The molecule has 0 N–H and O–H groups in total. The van der Waals surface area contributed by atoms with Crippen molar-refractivity contribution in [2.75, 3.05) is 47.4 Å². The van der Waals surface area contributed by atoms with Crippen molar-refractivity contribution in [2.45, 2.75) is 0 Å². The molecule has 0 aliphatic rings. The van der Waals surface area contributed by atoms with Gasteiger partial charge in [-0.2, -0.15) is 0 Å². The average Bonchev–Trinajstić information content (AvgIpc) is 2.98. The van der Waals surface area contributed by atoms with Crippen LogP contribution in [0.3, 0.4) is 0 Å². The number of carbonyl (C=O) groups excluding carboxylic acids is 1. The van der Waals surface area contributed by atoms with E-state index < -0.39 is 0 Å². The minimum atomic E-state index is 0.614. The molecule has 0 heterocycles. The van der Waals surface area contributed by atoms with E-state index in [0.717, 1.165) is 55.8 Å². The minimum Gasteiger partial charge on any atom is -0.493 e.